The van der Waals surface area contributed by atoms with Crippen LogP contribution < -0.4 is 10.0 Å². The molecule has 2 N–H and O–H groups in total. The summed E-state index contributed by atoms with van der Waals surface area (Å²) in [5, 5.41) is 3.40. The molecule has 0 spiro atoms. The predicted octanol–water partition coefficient (Wildman–Crippen LogP) is 2.41. The van der Waals surface area contributed by atoms with E-state index in [1.54, 1.807) is 12.1 Å². The second kappa shape index (κ2) is 6.70. The van der Waals surface area contributed by atoms with E-state index in [0.717, 1.165) is 24.9 Å². The fourth-order valence-corrected chi connectivity index (χ4v) is 3.54. The van der Waals surface area contributed by atoms with E-state index in [4.69, 9.17) is 0 Å². The molecule has 0 radical (unpaired) electrons. The molecule has 0 amide bonds. The van der Waals surface area contributed by atoms with Gasteiger partial charge in [0, 0.05) is 18.6 Å². The van der Waals surface area contributed by atoms with Gasteiger partial charge in [0.15, 0.2) is 0 Å². The van der Waals surface area contributed by atoms with E-state index in [1.807, 2.05) is 19.1 Å². The van der Waals surface area contributed by atoms with Crippen LogP contribution in [0, 0.1) is 0 Å². The first kappa shape index (κ1) is 15.5. The molecule has 1 fully saturated rings. The Labute approximate surface area is 122 Å². The molecule has 1 atom stereocenters. The van der Waals surface area contributed by atoms with Crippen LogP contribution in [0.1, 0.15) is 45.1 Å². The number of hydrogen-bond acceptors (Lipinski definition) is 3. The van der Waals surface area contributed by atoms with Crippen LogP contribution in [0.4, 0.5) is 0 Å². The van der Waals surface area contributed by atoms with Crippen molar-refractivity contribution >= 4 is 10.0 Å². The third kappa shape index (κ3) is 4.58. The summed E-state index contributed by atoms with van der Waals surface area (Å²) in [6.45, 7) is 4.69. The molecule has 0 bridgehead atoms. The van der Waals surface area contributed by atoms with Gasteiger partial charge < -0.3 is 5.32 Å². The molecule has 1 aliphatic rings. The topological polar surface area (TPSA) is 58.2 Å². The summed E-state index contributed by atoms with van der Waals surface area (Å²) in [6, 6.07) is 7.78. The van der Waals surface area contributed by atoms with Gasteiger partial charge in [-0.25, -0.2) is 13.1 Å². The van der Waals surface area contributed by atoms with Gasteiger partial charge in [0.25, 0.3) is 0 Å². The maximum atomic E-state index is 12.3. The zero-order valence-electron chi connectivity index (χ0n) is 12.2. The van der Waals surface area contributed by atoms with Crippen LogP contribution in [0.3, 0.4) is 0 Å². The molecule has 0 aromatic heterocycles. The molecule has 4 nitrogen and oxygen atoms in total. The monoisotopic (exact) mass is 296 g/mol. The van der Waals surface area contributed by atoms with E-state index < -0.39 is 10.0 Å². The van der Waals surface area contributed by atoms with Crippen LogP contribution in [-0.2, 0) is 16.6 Å². The lowest BCUT2D eigenvalue weighted by molar-refractivity contribution is 0.543. The molecule has 0 heterocycles. The quantitative estimate of drug-likeness (QED) is 0.774. The Morgan fingerprint density at radius 1 is 1.35 bits per heavy atom. The molecule has 112 valence electrons. The van der Waals surface area contributed by atoms with Gasteiger partial charge in [-0.3, -0.25) is 0 Å². The Hall–Kier alpha value is -0.910. The minimum atomic E-state index is -3.40. The third-order valence-electron chi connectivity index (χ3n) is 3.46. The number of hydrogen-bond donors (Lipinski definition) is 2. The molecule has 0 aliphatic heterocycles. The summed E-state index contributed by atoms with van der Waals surface area (Å²) in [7, 11) is -3.40. The van der Waals surface area contributed by atoms with Gasteiger partial charge in [0.2, 0.25) is 10.0 Å². The normalized spacial score (nSPS) is 17.1. The number of nitrogens with one attached hydrogen (secondary N) is 2. The molecular weight excluding hydrogens is 272 g/mol. The van der Waals surface area contributed by atoms with Crippen LogP contribution in [0.25, 0.3) is 0 Å². The molecule has 20 heavy (non-hydrogen) atoms. The van der Waals surface area contributed by atoms with E-state index in [0.29, 0.717) is 10.9 Å². The Morgan fingerprint density at radius 2 is 2.10 bits per heavy atom. The van der Waals surface area contributed by atoms with Gasteiger partial charge in [-0.05, 0) is 43.9 Å². The van der Waals surface area contributed by atoms with Crippen molar-refractivity contribution in [2.24, 2.45) is 0 Å². The molecule has 1 saturated carbocycles. The maximum Gasteiger partial charge on any atom is 0.240 e. The van der Waals surface area contributed by atoms with E-state index >= 15 is 0 Å². The van der Waals surface area contributed by atoms with Crippen LogP contribution in [-0.4, -0.2) is 20.5 Å². The zero-order chi connectivity index (χ0) is 14.6. The van der Waals surface area contributed by atoms with E-state index in [-0.39, 0.29) is 6.04 Å². The number of sulfonamides is 1. The smallest absolute Gasteiger partial charge is 0.240 e. The molecule has 1 aromatic carbocycles. The van der Waals surface area contributed by atoms with Crippen molar-refractivity contribution in [1.82, 2.24) is 10.0 Å². The number of benzene rings is 1. The Balaban J connectivity index is 2.03. The highest BCUT2D eigenvalue weighted by molar-refractivity contribution is 7.89. The highest BCUT2D eigenvalue weighted by Gasteiger charge is 2.21. The van der Waals surface area contributed by atoms with Crippen molar-refractivity contribution in [2.45, 2.75) is 63.1 Å². The Bertz CT molecular complexity index is 539. The average Bonchev–Trinajstić information content (AvgIpc) is 3.20. The first-order chi connectivity index (χ1) is 9.51. The van der Waals surface area contributed by atoms with Crippen LogP contribution in [0.2, 0.25) is 0 Å². The summed E-state index contributed by atoms with van der Waals surface area (Å²) < 4.78 is 27.3. The Morgan fingerprint density at radius 3 is 2.75 bits per heavy atom. The van der Waals surface area contributed by atoms with Crippen molar-refractivity contribution < 1.29 is 8.42 Å². The van der Waals surface area contributed by atoms with E-state index in [9.17, 15) is 8.42 Å². The van der Waals surface area contributed by atoms with E-state index in [2.05, 4.69) is 17.0 Å². The summed E-state index contributed by atoms with van der Waals surface area (Å²) in [6.07, 6.45) is 4.28. The highest BCUT2D eigenvalue weighted by Crippen LogP contribution is 2.20. The maximum absolute atomic E-state index is 12.3. The standard InChI is InChI=1S/C15H24N2O2S/c1-3-5-12(2)17-20(18,19)15-7-4-6-13(10-15)11-16-14-8-9-14/h4,6-7,10,12,14,16-17H,3,5,8-9,11H2,1-2H3. The highest BCUT2D eigenvalue weighted by atomic mass is 32.2. The lowest BCUT2D eigenvalue weighted by Gasteiger charge is -2.14. The molecule has 5 heteroatoms. The second-order valence-corrected chi connectivity index (χ2v) is 7.33. The summed E-state index contributed by atoms with van der Waals surface area (Å²) in [5.74, 6) is 0. The fourth-order valence-electron chi connectivity index (χ4n) is 2.20. The minimum absolute atomic E-state index is 0.0294. The molecular formula is C15H24N2O2S. The van der Waals surface area contributed by atoms with Crippen LogP contribution in [0.5, 0.6) is 0 Å². The van der Waals surface area contributed by atoms with Gasteiger partial charge in [0.1, 0.15) is 0 Å². The molecule has 1 aromatic rings. The minimum Gasteiger partial charge on any atom is -0.310 e. The van der Waals surface area contributed by atoms with Crippen molar-refractivity contribution in [3.63, 3.8) is 0 Å². The largest absolute Gasteiger partial charge is 0.310 e. The summed E-state index contributed by atoms with van der Waals surface area (Å²) in [4.78, 5) is 0.357. The second-order valence-electron chi connectivity index (χ2n) is 5.61. The van der Waals surface area contributed by atoms with Crippen LogP contribution in [0.15, 0.2) is 29.2 Å². The summed E-state index contributed by atoms with van der Waals surface area (Å²) >= 11 is 0. The van der Waals surface area contributed by atoms with Gasteiger partial charge in [-0.1, -0.05) is 25.5 Å². The zero-order valence-corrected chi connectivity index (χ0v) is 13.0. The lowest BCUT2D eigenvalue weighted by Crippen LogP contribution is -2.32. The van der Waals surface area contributed by atoms with Crippen molar-refractivity contribution in [3.05, 3.63) is 29.8 Å². The predicted molar refractivity (Wildman–Crippen MR) is 81.0 cm³/mol. The number of rotatable bonds is 8. The first-order valence-corrected chi connectivity index (χ1v) is 8.84. The van der Waals surface area contributed by atoms with Crippen molar-refractivity contribution in [3.8, 4) is 0 Å². The van der Waals surface area contributed by atoms with Gasteiger partial charge in [-0.2, -0.15) is 0 Å². The fraction of sp³-hybridized carbons (Fsp3) is 0.600. The van der Waals surface area contributed by atoms with Gasteiger partial charge in [-0.15, -0.1) is 0 Å². The van der Waals surface area contributed by atoms with Gasteiger partial charge in [0.05, 0.1) is 4.90 Å². The third-order valence-corrected chi connectivity index (χ3v) is 5.05. The molecule has 0 saturated heterocycles. The molecule has 1 aliphatic carbocycles. The Kier molecular flexibility index (Phi) is 5.18. The average molecular weight is 296 g/mol. The van der Waals surface area contributed by atoms with E-state index in [1.165, 1.54) is 12.8 Å². The lowest BCUT2D eigenvalue weighted by atomic mass is 10.2. The van der Waals surface area contributed by atoms with Gasteiger partial charge >= 0.3 is 0 Å². The first-order valence-electron chi connectivity index (χ1n) is 7.36. The van der Waals surface area contributed by atoms with Crippen molar-refractivity contribution in [2.75, 3.05) is 0 Å². The molecule has 2 rings (SSSR count). The SMILES string of the molecule is CCCC(C)NS(=O)(=O)c1cccc(CNC2CC2)c1. The van der Waals surface area contributed by atoms with Crippen LogP contribution >= 0.6 is 0 Å². The molecule has 1 unspecified atom stereocenters. The summed E-state index contributed by atoms with van der Waals surface area (Å²) in [5.41, 5.74) is 1.02. The van der Waals surface area contributed by atoms with Crippen molar-refractivity contribution in [1.29, 1.82) is 0 Å².